The lowest BCUT2D eigenvalue weighted by atomic mass is 10.1. The Hall–Kier alpha value is -3.00. The molecule has 0 bridgehead atoms. The SMILES string of the molecule is COC1CCC(c2nc(-c3ncc[nH]3)nn2-c2nc3ccccc3[nH]2)C1. The van der Waals surface area contributed by atoms with Gasteiger partial charge in [0.1, 0.15) is 5.82 Å². The summed E-state index contributed by atoms with van der Waals surface area (Å²) < 4.78 is 7.36. The highest BCUT2D eigenvalue weighted by atomic mass is 16.5. The molecule has 0 spiro atoms. The number of fused-ring (bicyclic) bond motifs is 1. The number of aromatic amines is 2. The van der Waals surface area contributed by atoms with Gasteiger partial charge in [-0.25, -0.2) is 15.0 Å². The predicted molar refractivity (Wildman–Crippen MR) is 96.0 cm³/mol. The summed E-state index contributed by atoms with van der Waals surface area (Å²) in [6.07, 6.45) is 6.74. The second-order valence-corrected chi connectivity index (χ2v) is 6.59. The van der Waals surface area contributed by atoms with Crippen LogP contribution in [0.4, 0.5) is 0 Å². The molecule has 3 aromatic heterocycles. The van der Waals surface area contributed by atoms with Gasteiger partial charge in [-0.2, -0.15) is 4.68 Å². The molecule has 5 rings (SSSR count). The molecular formula is C18H19N7O. The first kappa shape index (κ1) is 15.3. The topological polar surface area (TPSA) is 97.3 Å². The summed E-state index contributed by atoms with van der Waals surface area (Å²) in [5.41, 5.74) is 1.88. The van der Waals surface area contributed by atoms with Crippen LogP contribution in [0, 0.1) is 0 Å². The van der Waals surface area contributed by atoms with Crippen LogP contribution >= 0.6 is 0 Å². The van der Waals surface area contributed by atoms with E-state index in [4.69, 9.17) is 19.8 Å². The molecule has 0 saturated heterocycles. The van der Waals surface area contributed by atoms with Gasteiger partial charge in [0.25, 0.3) is 0 Å². The summed E-state index contributed by atoms with van der Waals surface area (Å²) in [7, 11) is 1.77. The number of imidazole rings is 2. The molecule has 0 amide bonds. The molecule has 2 N–H and O–H groups in total. The minimum absolute atomic E-state index is 0.271. The van der Waals surface area contributed by atoms with Crippen LogP contribution in [-0.2, 0) is 4.74 Å². The average Bonchev–Trinajstić information content (AvgIpc) is 3.46. The molecule has 8 heteroatoms. The summed E-state index contributed by atoms with van der Waals surface area (Å²) in [4.78, 5) is 20.2. The van der Waals surface area contributed by atoms with Gasteiger partial charge in [0, 0.05) is 25.4 Å². The van der Waals surface area contributed by atoms with Crippen molar-refractivity contribution in [2.24, 2.45) is 0 Å². The Labute approximate surface area is 149 Å². The first-order valence-corrected chi connectivity index (χ1v) is 8.76. The summed E-state index contributed by atoms with van der Waals surface area (Å²) in [5.74, 6) is 3.08. The molecule has 26 heavy (non-hydrogen) atoms. The minimum atomic E-state index is 0.271. The molecule has 1 fully saturated rings. The van der Waals surface area contributed by atoms with Crippen LogP contribution in [0.5, 0.6) is 0 Å². The van der Waals surface area contributed by atoms with Gasteiger partial charge in [0.2, 0.25) is 11.8 Å². The van der Waals surface area contributed by atoms with E-state index in [-0.39, 0.29) is 12.0 Å². The normalized spacial score (nSPS) is 20.2. The van der Waals surface area contributed by atoms with Crippen molar-refractivity contribution in [1.82, 2.24) is 34.7 Å². The molecule has 2 atom stereocenters. The van der Waals surface area contributed by atoms with E-state index in [0.29, 0.717) is 17.6 Å². The first-order chi connectivity index (χ1) is 12.8. The van der Waals surface area contributed by atoms with Crippen molar-refractivity contribution >= 4 is 11.0 Å². The van der Waals surface area contributed by atoms with Gasteiger partial charge in [-0.1, -0.05) is 12.1 Å². The smallest absolute Gasteiger partial charge is 0.230 e. The molecule has 8 nitrogen and oxygen atoms in total. The number of para-hydroxylation sites is 2. The van der Waals surface area contributed by atoms with Gasteiger partial charge in [0.15, 0.2) is 5.82 Å². The monoisotopic (exact) mass is 349 g/mol. The zero-order valence-corrected chi connectivity index (χ0v) is 14.4. The van der Waals surface area contributed by atoms with Crippen LogP contribution in [-0.4, -0.2) is 47.9 Å². The van der Waals surface area contributed by atoms with E-state index in [1.165, 1.54) is 0 Å². The fraction of sp³-hybridized carbons (Fsp3) is 0.333. The van der Waals surface area contributed by atoms with Crippen LogP contribution < -0.4 is 0 Å². The fourth-order valence-electron chi connectivity index (χ4n) is 3.66. The maximum atomic E-state index is 5.54. The predicted octanol–water partition coefficient (Wildman–Crippen LogP) is 2.82. The Morgan fingerprint density at radius 3 is 2.88 bits per heavy atom. The van der Waals surface area contributed by atoms with Crippen LogP contribution in [0.3, 0.4) is 0 Å². The third-order valence-electron chi connectivity index (χ3n) is 5.00. The highest BCUT2D eigenvalue weighted by Gasteiger charge is 2.31. The molecule has 0 radical (unpaired) electrons. The Balaban J connectivity index is 1.62. The first-order valence-electron chi connectivity index (χ1n) is 8.76. The summed E-state index contributed by atoms with van der Waals surface area (Å²) >= 11 is 0. The average molecular weight is 349 g/mol. The molecule has 2 unspecified atom stereocenters. The Morgan fingerprint density at radius 2 is 2.12 bits per heavy atom. The lowest BCUT2D eigenvalue weighted by molar-refractivity contribution is 0.107. The van der Waals surface area contributed by atoms with E-state index in [9.17, 15) is 0 Å². The van der Waals surface area contributed by atoms with Gasteiger partial charge in [-0.15, -0.1) is 5.10 Å². The van der Waals surface area contributed by atoms with E-state index in [1.807, 2.05) is 28.9 Å². The minimum Gasteiger partial charge on any atom is -0.381 e. The van der Waals surface area contributed by atoms with Crippen LogP contribution in [0.25, 0.3) is 28.6 Å². The van der Waals surface area contributed by atoms with Crippen molar-refractivity contribution in [1.29, 1.82) is 0 Å². The molecule has 4 aromatic rings. The third-order valence-corrected chi connectivity index (χ3v) is 5.00. The fourth-order valence-corrected chi connectivity index (χ4v) is 3.66. The van der Waals surface area contributed by atoms with E-state index in [1.54, 1.807) is 19.5 Å². The lowest BCUT2D eigenvalue weighted by Gasteiger charge is -2.10. The molecule has 1 aromatic carbocycles. The van der Waals surface area contributed by atoms with Gasteiger partial charge < -0.3 is 14.7 Å². The van der Waals surface area contributed by atoms with Crippen LogP contribution in [0.2, 0.25) is 0 Å². The number of H-pyrrole nitrogens is 2. The van der Waals surface area contributed by atoms with Crippen molar-refractivity contribution in [3.05, 3.63) is 42.5 Å². The zero-order chi connectivity index (χ0) is 17.5. The van der Waals surface area contributed by atoms with Crippen LogP contribution in [0.1, 0.15) is 31.0 Å². The summed E-state index contributed by atoms with van der Waals surface area (Å²) in [6, 6.07) is 7.95. The number of aromatic nitrogens is 7. The Kier molecular flexibility index (Phi) is 3.56. The third kappa shape index (κ3) is 2.50. The van der Waals surface area contributed by atoms with Crippen molar-refractivity contribution in [2.75, 3.05) is 7.11 Å². The van der Waals surface area contributed by atoms with E-state index < -0.39 is 0 Å². The number of nitrogens with one attached hydrogen (secondary N) is 2. The number of nitrogens with zero attached hydrogens (tertiary/aromatic N) is 5. The second kappa shape index (κ2) is 6.06. The van der Waals surface area contributed by atoms with Gasteiger partial charge in [0.05, 0.1) is 17.1 Å². The van der Waals surface area contributed by atoms with E-state index in [2.05, 4.69) is 15.0 Å². The number of benzene rings is 1. The zero-order valence-electron chi connectivity index (χ0n) is 14.4. The molecule has 132 valence electrons. The molecule has 1 aliphatic carbocycles. The molecule has 3 heterocycles. The standard InChI is InChI=1S/C18H19N7O/c1-26-12-7-6-11(10-12)17-23-16(15-19-8-9-20-15)24-25(17)18-21-13-4-2-3-5-14(13)22-18/h2-5,8-9,11-12H,6-7,10H2,1H3,(H,19,20)(H,21,22). The van der Waals surface area contributed by atoms with Crippen molar-refractivity contribution in [3.63, 3.8) is 0 Å². The number of methoxy groups -OCH3 is 1. The Bertz CT molecular complexity index is 1000. The Morgan fingerprint density at radius 1 is 1.19 bits per heavy atom. The second-order valence-electron chi connectivity index (χ2n) is 6.59. The van der Waals surface area contributed by atoms with Crippen molar-refractivity contribution < 1.29 is 4.74 Å². The van der Waals surface area contributed by atoms with E-state index in [0.717, 1.165) is 36.1 Å². The molecule has 1 aliphatic rings. The molecular weight excluding hydrogens is 330 g/mol. The number of hydrogen-bond donors (Lipinski definition) is 2. The maximum absolute atomic E-state index is 5.54. The molecule has 1 saturated carbocycles. The van der Waals surface area contributed by atoms with E-state index >= 15 is 0 Å². The van der Waals surface area contributed by atoms with Gasteiger partial charge in [-0.05, 0) is 31.4 Å². The van der Waals surface area contributed by atoms with Crippen molar-refractivity contribution in [3.8, 4) is 17.6 Å². The van der Waals surface area contributed by atoms with Gasteiger partial charge >= 0.3 is 0 Å². The quantitative estimate of drug-likeness (QED) is 0.590. The number of hydrogen-bond acceptors (Lipinski definition) is 5. The lowest BCUT2D eigenvalue weighted by Crippen LogP contribution is -2.10. The van der Waals surface area contributed by atoms with Crippen molar-refractivity contribution in [2.45, 2.75) is 31.3 Å². The molecule has 0 aliphatic heterocycles. The summed E-state index contributed by atoms with van der Waals surface area (Å²) in [6.45, 7) is 0. The number of rotatable bonds is 4. The number of ether oxygens (including phenoxy) is 1. The highest BCUT2D eigenvalue weighted by molar-refractivity contribution is 5.76. The van der Waals surface area contributed by atoms with Gasteiger partial charge in [-0.3, -0.25) is 0 Å². The van der Waals surface area contributed by atoms with Crippen LogP contribution in [0.15, 0.2) is 36.7 Å². The largest absolute Gasteiger partial charge is 0.381 e. The maximum Gasteiger partial charge on any atom is 0.230 e. The highest BCUT2D eigenvalue weighted by Crippen LogP contribution is 2.36. The summed E-state index contributed by atoms with van der Waals surface area (Å²) in [5, 5.41) is 4.69.